The number of imide groups is 1. The Bertz CT molecular complexity index is 1610. The molecule has 0 bridgehead atoms. The normalized spacial score (nSPS) is 15.8. The first-order valence-corrected chi connectivity index (χ1v) is 14.2. The summed E-state index contributed by atoms with van der Waals surface area (Å²) >= 11 is 0. The van der Waals surface area contributed by atoms with Crippen molar-refractivity contribution in [2.24, 2.45) is 0 Å². The van der Waals surface area contributed by atoms with Gasteiger partial charge in [0.05, 0.1) is 12.5 Å². The van der Waals surface area contributed by atoms with Gasteiger partial charge in [-0.05, 0) is 50.1 Å². The van der Waals surface area contributed by atoms with Gasteiger partial charge in [0, 0.05) is 25.2 Å². The summed E-state index contributed by atoms with van der Waals surface area (Å²) in [6.07, 6.45) is 0.261. The van der Waals surface area contributed by atoms with Gasteiger partial charge in [0.2, 0.25) is 17.7 Å². The van der Waals surface area contributed by atoms with Gasteiger partial charge in [-0.15, -0.1) is 0 Å². The number of aryl methyl sites for hydroxylation is 2. The van der Waals surface area contributed by atoms with E-state index >= 15 is 0 Å². The van der Waals surface area contributed by atoms with Crippen molar-refractivity contribution < 1.29 is 38.3 Å². The molecule has 2 heterocycles. The van der Waals surface area contributed by atoms with Crippen LogP contribution in [-0.4, -0.2) is 76.5 Å². The van der Waals surface area contributed by atoms with Crippen LogP contribution in [0.4, 0.5) is 0 Å². The molecule has 1 aliphatic rings. The number of aliphatic hydroxyl groups is 1. The van der Waals surface area contributed by atoms with Gasteiger partial charge in [0.1, 0.15) is 30.2 Å². The van der Waals surface area contributed by atoms with E-state index in [4.69, 9.17) is 9.26 Å². The molecule has 1 fully saturated rings. The zero-order valence-electron chi connectivity index (χ0n) is 25.3. The van der Waals surface area contributed by atoms with Crippen LogP contribution in [0.5, 0.6) is 5.75 Å². The lowest BCUT2D eigenvalue weighted by atomic mass is 10.1. The number of likely N-dealkylation sites (tertiary alicyclic amines) is 1. The lowest BCUT2D eigenvalue weighted by Gasteiger charge is -2.24. The first-order valence-electron chi connectivity index (χ1n) is 14.2. The number of likely N-dealkylation sites (N-methyl/N-ethyl adjacent to an activating group) is 1. The molecule has 1 aromatic heterocycles. The number of ether oxygens (including phenoxy) is 1. The van der Waals surface area contributed by atoms with E-state index in [-0.39, 0.29) is 37.1 Å². The fourth-order valence-electron chi connectivity index (χ4n) is 4.43. The average molecular weight is 618 g/mol. The molecule has 4 N–H and O–H groups in total. The Balaban J connectivity index is 1.49. The number of nitrogens with one attached hydrogen (secondary N) is 3. The lowest BCUT2D eigenvalue weighted by molar-refractivity contribution is -0.136. The highest BCUT2D eigenvalue weighted by Crippen LogP contribution is 2.22. The monoisotopic (exact) mass is 617 g/mol. The Kier molecular flexibility index (Phi) is 10.5. The molecule has 13 nitrogen and oxygen atoms in total. The van der Waals surface area contributed by atoms with Crippen molar-refractivity contribution in [2.75, 3.05) is 13.7 Å². The highest BCUT2D eigenvalue weighted by Gasteiger charge is 2.32. The van der Waals surface area contributed by atoms with Crippen LogP contribution in [0.15, 0.2) is 64.7 Å². The van der Waals surface area contributed by atoms with Crippen molar-refractivity contribution in [3.63, 3.8) is 0 Å². The van der Waals surface area contributed by atoms with Crippen LogP contribution in [0.3, 0.4) is 0 Å². The molecule has 2 aromatic carbocycles. The van der Waals surface area contributed by atoms with E-state index in [9.17, 15) is 29.1 Å². The number of hydrogen-bond donors (Lipinski definition) is 4. The molecular weight excluding hydrogens is 582 g/mol. The molecule has 0 saturated carbocycles. The van der Waals surface area contributed by atoms with Crippen molar-refractivity contribution in [1.82, 2.24) is 26.0 Å². The quantitative estimate of drug-likeness (QED) is 0.173. The van der Waals surface area contributed by atoms with Crippen LogP contribution in [0, 0.1) is 13.8 Å². The van der Waals surface area contributed by atoms with Crippen molar-refractivity contribution in [3.05, 3.63) is 88.3 Å². The second-order valence-electron chi connectivity index (χ2n) is 10.8. The summed E-state index contributed by atoms with van der Waals surface area (Å²) in [5.41, 5.74) is 2.76. The first kappa shape index (κ1) is 32.6. The predicted octanol–water partition coefficient (Wildman–Crippen LogP) is 1.42. The molecule has 1 saturated heterocycles. The van der Waals surface area contributed by atoms with E-state index in [1.165, 1.54) is 20.0 Å². The molecule has 0 spiro atoms. The Labute approximate surface area is 259 Å². The third-order valence-electron chi connectivity index (χ3n) is 7.04. The Morgan fingerprint density at radius 1 is 1.07 bits per heavy atom. The van der Waals surface area contributed by atoms with Gasteiger partial charge in [-0.1, -0.05) is 47.1 Å². The second kappa shape index (κ2) is 14.4. The highest BCUT2D eigenvalue weighted by atomic mass is 16.5. The molecule has 3 aromatic rings. The van der Waals surface area contributed by atoms with E-state index in [1.807, 2.05) is 31.2 Å². The lowest BCUT2D eigenvalue weighted by Crippen LogP contribution is -2.58. The van der Waals surface area contributed by atoms with Crippen LogP contribution in [-0.2, 0) is 25.7 Å². The third kappa shape index (κ3) is 8.63. The van der Waals surface area contributed by atoms with Crippen LogP contribution >= 0.6 is 0 Å². The summed E-state index contributed by atoms with van der Waals surface area (Å²) in [5, 5.41) is 21.7. The number of carbonyl (C=O) groups is 5. The van der Waals surface area contributed by atoms with Crippen LogP contribution in [0.1, 0.15) is 46.3 Å². The highest BCUT2D eigenvalue weighted by molar-refractivity contribution is 6.15. The number of aliphatic hydroxyl groups excluding tert-OH is 1. The van der Waals surface area contributed by atoms with Crippen molar-refractivity contribution >= 4 is 35.6 Å². The van der Waals surface area contributed by atoms with Gasteiger partial charge in [0.25, 0.3) is 11.8 Å². The van der Waals surface area contributed by atoms with Crippen LogP contribution < -0.4 is 20.7 Å². The van der Waals surface area contributed by atoms with Gasteiger partial charge in [0.15, 0.2) is 5.69 Å². The van der Waals surface area contributed by atoms with Gasteiger partial charge in [-0.3, -0.25) is 28.9 Å². The van der Waals surface area contributed by atoms with Crippen molar-refractivity contribution in [2.45, 2.75) is 51.9 Å². The third-order valence-corrected chi connectivity index (χ3v) is 7.04. The molecule has 45 heavy (non-hydrogen) atoms. The fraction of sp³-hybridized carbons (Fsp3) is 0.312. The molecule has 3 atom stereocenters. The number of benzene rings is 2. The summed E-state index contributed by atoms with van der Waals surface area (Å²) in [5.74, 6) is -2.09. The zero-order chi connectivity index (χ0) is 32.7. The molecule has 4 rings (SSSR count). The number of aromatic nitrogens is 1. The van der Waals surface area contributed by atoms with E-state index < -0.39 is 35.9 Å². The summed E-state index contributed by atoms with van der Waals surface area (Å²) in [6, 6.07) is 12.9. The molecule has 0 aliphatic carbocycles. The first-order chi connectivity index (χ1) is 21.4. The van der Waals surface area contributed by atoms with Crippen LogP contribution in [0.25, 0.3) is 6.08 Å². The average Bonchev–Trinajstić information content (AvgIpc) is 3.55. The molecule has 1 aliphatic heterocycles. The van der Waals surface area contributed by atoms with Crippen molar-refractivity contribution in [1.29, 1.82) is 0 Å². The largest absolute Gasteiger partial charge is 0.491 e. The smallest absolute Gasteiger partial charge is 0.274 e. The van der Waals surface area contributed by atoms with Gasteiger partial charge < -0.3 is 30.3 Å². The van der Waals surface area contributed by atoms with Gasteiger partial charge in [-0.25, -0.2) is 0 Å². The molecule has 13 heteroatoms. The molecule has 5 amide bonds. The molecule has 236 valence electrons. The summed E-state index contributed by atoms with van der Waals surface area (Å²) in [6.45, 7) is 4.73. The van der Waals surface area contributed by atoms with Crippen LogP contribution in [0.2, 0.25) is 0 Å². The number of carbonyl (C=O) groups excluding carboxylic acids is 5. The van der Waals surface area contributed by atoms with Gasteiger partial charge >= 0.3 is 0 Å². The maximum absolute atomic E-state index is 13.3. The Morgan fingerprint density at radius 2 is 1.80 bits per heavy atom. The van der Waals surface area contributed by atoms with Gasteiger partial charge in [-0.2, -0.15) is 0 Å². The maximum Gasteiger partial charge on any atom is 0.274 e. The van der Waals surface area contributed by atoms with E-state index in [0.717, 1.165) is 16.0 Å². The Morgan fingerprint density at radius 3 is 2.42 bits per heavy atom. The minimum atomic E-state index is -1.43. The van der Waals surface area contributed by atoms with E-state index in [1.54, 1.807) is 37.3 Å². The summed E-state index contributed by atoms with van der Waals surface area (Å²) < 4.78 is 10.8. The summed E-state index contributed by atoms with van der Waals surface area (Å²) in [4.78, 5) is 64.5. The number of hydrogen-bond acceptors (Lipinski definition) is 9. The zero-order valence-corrected chi connectivity index (χ0v) is 25.3. The van der Waals surface area contributed by atoms with E-state index in [2.05, 4.69) is 21.1 Å². The second-order valence-corrected chi connectivity index (χ2v) is 10.8. The Hall–Kier alpha value is -5.30. The minimum absolute atomic E-state index is 0.00702. The number of amides is 5. The standard InChI is InChI=1S/C32H35N5O8/c1-18-8-10-21(11-9-18)16-33-29(40)26(34-31(42)28(20(3)38)35-30(41)25-12-19(2)45-36-25)17-44-24-7-5-6-22(14-24)13-23-15-27(39)37(4)32(23)43/h5-14,20,26,28,38H,15-17H2,1-4H3,(H,33,40)(H,34,42)(H,35,41). The SMILES string of the molecule is Cc1ccc(CNC(=O)C(COc2cccc(C=C3CC(=O)N(C)C3=O)c2)NC(=O)C(NC(=O)c2cc(C)on2)C(C)O)cc1. The van der Waals surface area contributed by atoms with E-state index in [0.29, 0.717) is 22.6 Å². The molecular formula is C32H35N5O8. The number of nitrogens with zero attached hydrogens (tertiary/aromatic N) is 2. The summed E-state index contributed by atoms with van der Waals surface area (Å²) in [7, 11) is 1.42. The predicted molar refractivity (Wildman–Crippen MR) is 161 cm³/mol. The fourth-order valence-corrected chi connectivity index (χ4v) is 4.43. The van der Waals surface area contributed by atoms with Crippen molar-refractivity contribution in [3.8, 4) is 5.75 Å². The topological polar surface area (TPSA) is 180 Å². The maximum atomic E-state index is 13.3. The minimum Gasteiger partial charge on any atom is -0.491 e. The molecule has 3 unspecified atom stereocenters. The molecule has 0 radical (unpaired) electrons. The number of rotatable bonds is 12.